The van der Waals surface area contributed by atoms with Crippen molar-refractivity contribution in [1.82, 2.24) is 4.98 Å². The van der Waals surface area contributed by atoms with Gasteiger partial charge in [0.1, 0.15) is 5.52 Å². The first kappa shape index (κ1) is 16.8. The van der Waals surface area contributed by atoms with Crippen LogP contribution in [0.25, 0.3) is 22.6 Å². The topological polar surface area (TPSA) is 89.3 Å². The van der Waals surface area contributed by atoms with Crippen LogP contribution in [0.15, 0.2) is 51.8 Å². The van der Waals surface area contributed by atoms with Gasteiger partial charge in [-0.2, -0.15) is 0 Å². The molecule has 0 aliphatic heterocycles. The summed E-state index contributed by atoms with van der Waals surface area (Å²) < 4.78 is 29.7. The van der Waals surface area contributed by atoms with Crippen LogP contribution in [0, 0.1) is 5.92 Å². The number of carbonyl (C=O) groups excluding carboxylic acids is 1. The quantitative estimate of drug-likeness (QED) is 0.741. The molecule has 0 unspecified atom stereocenters. The van der Waals surface area contributed by atoms with Crippen LogP contribution < -0.4 is 5.32 Å². The fourth-order valence-corrected chi connectivity index (χ4v) is 3.58. The van der Waals surface area contributed by atoms with E-state index >= 15 is 0 Å². The number of nitrogens with one attached hydrogen (secondary N) is 1. The Bertz CT molecular complexity index is 1080. The predicted octanol–water partition coefficient (Wildman–Crippen LogP) is 3.64. The highest BCUT2D eigenvalue weighted by atomic mass is 32.2. The minimum absolute atomic E-state index is 0.0389. The average molecular weight is 370 g/mol. The first-order valence-electron chi connectivity index (χ1n) is 8.51. The third-order valence-electron chi connectivity index (χ3n) is 4.45. The monoisotopic (exact) mass is 370 g/mol. The van der Waals surface area contributed by atoms with Crippen LogP contribution in [0.2, 0.25) is 0 Å². The fraction of sp³-hybridized carbons (Fsp3) is 0.263. The van der Waals surface area contributed by atoms with Gasteiger partial charge in [0.05, 0.1) is 10.6 Å². The molecule has 0 saturated heterocycles. The highest BCUT2D eigenvalue weighted by Crippen LogP contribution is 2.31. The molecule has 1 aliphatic carbocycles. The van der Waals surface area contributed by atoms with Crippen LogP contribution >= 0.6 is 0 Å². The molecule has 134 valence electrons. The van der Waals surface area contributed by atoms with Crippen LogP contribution in [-0.2, 0) is 14.6 Å². The molecule has 0 atom stereocenters. The van der Waals surface area contributed by atoms with E-state index in [1.165, 1.54) is 12.1 Å². The number of benzene rings is 2. The third-order valence-corrected chi connectivity index (χ3v) is 6.18. The lowest BCUT2D eigenvalue weighted by molar-refractivity contribution is -0.117. The van der Waals surface area contributed by atoms with E-state index in [1.54, 1.807) is 25.1 Å². The maximum atomic E-state index is 12.0. The van der Waals surface area contributed by atoms with Gasteiger partial charge in [-0.25, -0.2) is 13.4 Å². The van der Waals surface area contributed by atoms with Crippen molar-refractivity contribution in [2.75, 3.05) is 11.1 Å². The summed E-state index contributed by atoms with van der Waals surface area (Å²) in [6.45, 7) is 1.61. The SMILES string of the molecule is CCS(=O)(=O)c1ccc2oc(-c3ccc(NC(=O)C4CC4)cc3)nc2c1. The molecule has 1 aromatic heterocycles. The number of hydrogen-bond acceptors (Lipinski definition) is 5. The number of carbonyl (C=O) groups is 1. The van der Waals surface area contributed by atoms with Gasteiger partial charge in [-0.05, 0) is 55.3 Å². The number of aromatic nitrogens is 1. The number of rotatable bonds is 5. The molecule has 7 heteroatoms. The number of fused-ring (bicyclic) bond motifs is 1. The summed E-state index contributed by atoms with van der Waals surface area (Å²) in [4.78, 5) is 16.4. The van der Waals surface area contributed by atoms with Crippen molar-refractivity contribution in [1.29, 1.82) is 0 Å². The van der Waals surface area contributed by atoms with Crippen molar-refractivity contribution < 1.29 is 17.6 Å². The minimum atomic E-state index is -3.29. The highest BCUT2D eigenvalue weighted by Gasteiger charge is 2.29. The Morgan fingerprint density at radius 3 is 2.58 bits per heavy atom. The van der Waals surface area contributed by atoms with Crippen LogP contribution in [0.4, 0.5) is 5.69 Å². The molecule has 1 fully saturated rings. The standard InChI is InChI=1S/C19H18N2O4S/c1-2-26(23,24)15-9-10-17-16(11-15)21-19(25-17)13-5-7-14(8-6-13)20-18(22)12-3-4-12/h5-12H,2-4H2,1H3,(H,20,22). The largest absolute Gasteiger partial charge is 0.436 e. The summed E-state index contributed by atoms with van der Waals surface area (Å²) >= 11 is 0. The fourth-order valence-electron chi connectivity index (χ4n) is 2.68. The lowest BCUT2D eigenvalue weighted by Crippen LogP contribution is -2.12. The van der Waals surface area contributed by atoms with E-state index in [1.807, 2.05) is 12.1 Å². The molecule has 1 amide bonds. The van der Waals surface area contributed by atoms with E-state index in [0.29, 0.717) is 17.0 Å². The van der Waals surface area contributed by atoms with Crippen LogP contribution in [0.3, 0.4) is 0 Å². The number of nitrogens with zero attached hydrogens (tertiary/aromatic N) is 1. The lowest BCUT2D eigenvalue weighted by Gasteiger charge is -2.04. The second kappa shape index (κ2) is 6.25. The van der Waals surface area contributed by atoms with Gasteiger partial charge in [0, 0.05) is 17.2 Å². The zero-order valence-corrected chi connectivity index (χ0v) is 15.0. The zero-order valence-electron chi connectivity index (χ0n) is 14.2. The van der Waals surface area contributed by atoms with Gasteiger partial charge in [-0.15, -0.1) is 0 Å². The lowest BCUT2D eigenvalue weighted by atomic mass is 10.2. The smallest absolute Gasteiger partial charge is 0.227 e. The molecule has 0 spiro atoms. The first-order chi connectivity index (χ1) is 12.5. The van der Waals surface area contributed by atoms with E-state index in [2.05, 4.69) is 10.3 Å². The Kier molecular flexibility index (Phi) is 4.03. The first-order valence-corrected chi connectivity index (χ1v) is 10.2. The molecule has 0 bridgehead atoms. The van der Waals surface area contributed by atoms with Gasteiger partial charge in [-0.3, -0.25) is 4.79 Å². The summed E-state index contributed by atoms with van der Waals surface area (Å²) in [5, 5.41) is 2.88. The van der Waals surface area contributed by atoms with Gasteiger partial charge < -0.3 is 9.73 Å². The van der Waals surface area contributed by atoms with Crippen molar-refractivity contribution in [3.63, 3.8) is 0 Å². The summed E-state index contributed by atoms with van der Waals surface area (Å²) in [6, 6.07) is 11.9. The van der Waals surface area contributed by atoms with Crippen molar-refractivity contribution in [2.24, 2.45) is 5.92 Å². The number of amides is 1. The van der Waals surface area contributed by atoms with Crippen molar-refractivity contribution in [3.05, 3.63) is 42.5 Å². The maximum absolute atomic E-state index is 12.0. The Morgan fingerprint density at radius 2 is 1.92 bits per heavy atom. The molecule has 6 nitrogen and oxygen atoms in total. The number of anilines is 1. The van der Waals surface area contributed by atoms with E-state index in [-0.39, 0.29) is 22.5 Å². The second-order valence-corrected chi connectivity index (χ2v) is 8.67. The maximum Gasteiger partial charge on any atom is 0.227 e. The summed E-state index contributed by atoms with van der Waals surface area (Å²) in [5.41, 5.74) is 2.52. The molecule has 4 rings (SSSR count). The van der Waals surface area contributed by atoms with Gasteiger partial charge >= 0.3 is 0 Å². The molecule has 0 radical (unpaired) electrons. The Hall–Kier alpha value is -2.67. The van der Waals surface area contributed by atoms with Crippen LogP contribution in [0.1, 0.15) is 19.8 Å². The van der Waals surface area contributed by atoms with E-state index < -0.39 is 9.84 Å². The minimum Gasteiger partial charge on any atom is -0.436 e. The average Bonchev–Trinajstić information content (AvgIpc) is 3.41. The van der Waals surface area contributed by atoms with Gasteiger partial charge in [0.15, 0.2) is 15.4 Å². The summed E-state index contributed by atoms with van der Waals surface area (Å²) in [7, 11) is -3.29. The summed E-state index contributed by atoms with van der Waals surface area (Å²) in [5.74, 6) is 0.660. The van der Waals surface area contributed by atoms with Crippen molar-refractivity contribution in [2.45, 2.75) is 24.7 Å². The van der Waals surface area contributed by atoms with Gasteiger partial charge in [-0.1, -0.05) is 6.92 Å². The molecule has 1 saturated carbocycles. The van der Waals surface area contributed by atoms with E-state index in [0.717, 1.165) is 24.1 Å². The number of hydrogen-bond donors (Lipinski definition) is 1. The Morgan fingerprint density at radius 1 is 1.19 bits per heavy atom. The second-order valence-electron chi connectivity index (χ2n) is 6.39. The van der Waals surface area contributed by atoms with Gasteiger partial charge in [0.25, 0.3) is 0 Å². The van der Waals surface area contributed by atoms with E-state index in [4.69, 9.17) is 4.42 Å². The highest BCUT2D eigenvalue weighted by molar-refractivity contribution is 7.91. The van der Waals surface area contributed by atoms with E-state index in [9.17, 15) is 13.2 Å². The predicted molar refractivity (Wildman–Crippen MR) is 98.5 cm³/mol. The van der Waals surface area contributed by atoms with Crippen molar-refractivity contribution in [3.8, 4) is 11.5 Å². The third kappa shape index (κ3) is 3.22. The van der Waals surface area contributed by atoms with Gasteiger partial charge in [0.2, 0.25) is 11.8 Å². The molecule has 26 heavy (non-hydrogen) atoms. The summed E-state index contributed by atoms with van der Waals surface area (Å²) in [6.07, 6.45) is 1.92. The zero-order chi connectivity index (χ0) is 18.3. The van der Waals surface area contributed by atoms with Crippen LogP contribution in [0.5, 0.6) is 0 Å². The molecule has 3 aromatic rings. The number of sulfone groups is 1. The normalized spacial score (nSPS) is 14.5. The molecule has 1 aliphatic rings. The van der Waals surface area contributed by atoms with Crippen LogP contribution in [-0.4, -0.2) is 25.1 Å². The Labute approximate surface area is 151 Å². The molecular weight excluding hydrogens is 352 g/mol. The Balaban J connectivity index is 1.60. The molecule has 2 aromatic carbocycles. The molecule has 1 heterocycles. The molecular formula is C19H18N2O4S. The van der Waals surface area contributed by atoms with Crippen molar-refractivity contribution >= 4 is 32.5 Å². The molecule has 1 N–H and O–H groups in total. The number of oxazole rings is 1.